The van der Waals surface area contributed by atoms with Crippen LogP contribution < -0.4 is 33.2 Å². The third-order valence-corrected chi connectivity index (χ3v) is 4.41. The molecular weight excluding hydrogens is 673 g/mol. The molecule has 0 radical (unpaired) electrons. The fourth-order valence-electron chi connectivity index (χ4n) is 2.25. The molecule has 0 unspecified atom stereocenters. The average molecular weight is 714 g/mol. The molecule has 0 spiro atoms. The zero-order valence-corrected chi connectivity index (χ0v) is 24.9. The van der Waals surface area contributed by atoms with Gasteiger partial charge in [-0.3, -0.25) is 14.6 Å². The normalized spacial score (nSPS) is 10.8. The van der Waals surface area contributed by atoms with Crippen molar-refractivity contribution < 1.29 is 78.8 Å². The van der Waals surface area contributed by atoms with Crippen LogP contribution in [0.2, 0.25) is 0 Å². The van der Waals surface area contributed by atoms with Gasteiger partial charge >= 0.3 is 36.4 Å². The number of nitrogens with zero attached hydrogens (tertiary/aromatic N) is 1. The molecule has 0 fully saturated rings. The molecule has 12 N–H and O–H groups in total. The number of carbonyl (C=O) groups excluding carboxylic acids is 2. The molecule has 2 amide bonds. The van der Waals surface area contributed by atoms with Gasteiger partial charge in [-0.25, -0.2) is 14.4 Å². The largest absolute Gasteiger partial charge is 0.490 e. The van der Waals surface area contributed by atoms with E-state index in [0.717, 1.165) is 58.0 Å². The second-order valence-corrected chi connectivity index (χ2v) is 8.61. The molecular formula is C23H40F9N7O8. The fraction of sp³-hybridized carbons (Fsp3) is 0.739. The van der Waals surface area contributed by atoms with Gasteiger partial charge in [0.05, 0.1) is 0 Å². The summed E-state index contributed by atoms with van der Waals surface area (Å²) in [7, 11) is 0. The molecule has 0 aliphatic rings. The van der Waals surface area contributed by atoms with Crippen LogP contribution in [0.1, 0.15) is 51.4 Å². The Morgan fingerprint density at radius 2 is 0.872 bits per heavy atom. The number of alkyl halides is 9. The Kier molecular flexibility index (Phi) is 29.8. The summed E-state index contributed by atoms with van der Waals surface area (Å²) in [6.07, 6.45) is -8.70. The second-order valence-electron chi connectivity index (χ2n) is 8.61. The third kappa shape index (κ3) is 44.1. The van der Waals surface area contributed by atoms with Gasteiger partial charge in [0.25, 0.3) is 0 Å². The maximum atomic E-state index is 11.7. The van der Waals surface area contributed by atoms with Crippen molar-refractivity contribution in [1.82, 2.24) is 16.0 Å². The van der Waals surface area contributed by atoms with Gasteiger partial charge in [0.2, 0.25) is 11.8 Å². The number of unbranched alkanes of at least 4 members (excludes halogenated alkanes) is 4. The van der Waals surface area contributed by atoms with Crippen molar-refractivity contribution in [2.24, 2.45) is 22.2 Å². The van der Waals surface area contributed by atoms with Crippen LogP contribution in [0.25, 0.3) is 0 Å². The highest BCUT2D eigenvalue weighted by Gasteiger charge is 2.39. The van der Waals surface area contributed by atoms with Gasteiger partial charge in [0.1, 0.15) is 6.42 Å². The van der Waals surface area contributed by atoms with Crippen molar-refractivity contribution in [3.05, 3.63) is 0 Å². The Morgan fingerprint density at radius 3 is 1.21 bits per heavy atom. The minimum atomic E-state index is -5.08. The van der Waals surface area contributed by atoms with Gasteiger partial charge in [0, 0.05) is 19.6 Å². The number of guanidine groups is 1. The van der Waals surface area contributed by atoms with E-state index >= 15 is 0 Å². The molecule has 0 aromatic carbocycles. The van der Waals surface area contributed by atoms with E-state index in [1.165, 1.54) is 0 Å². The van der Waals surface area contributed by atoms with E-state index < -0.39 is 36.4 Å². The van der Waals surface area contributed by atoms with Gasteiger partial charge < -0.3 is 48.5 Å². The van der Waals surface area contributed by atoms with Crippen LogP contribution in [-0.2, 0) is 24.0 Å². The van der Waals surface area contributed by atoms with Crippen molar-refractivity contribution in [2.75, 3.05) is 39.3 Å². The van der Waals surface area contributed by atoms with E-state index in [9.17, 15) is 49.1 Å². The number of nitrogens with two attached hydrogens (primary N) is 3. The quantitative estimate of drug-likeness (QED) is 0.0337. The van der Waals surface area contributed by atoms with Gasteiger partial charge in [-0.15, -0.1) is 0 Å². The van der Waals surface area contributed by atoms with Crippen LogP contribution in [0.4, 0.5) is 39.5 Å². The predicted octanol–water partition coefficient (Wildman–Crippen LogP) is 1.06. The van der Waals surface area contributed by atoms with Crippen molar-refractivity contribution >= 4 is 35.7 Å². The maximum absolute atomic E-state index is 11.7. The highest BCUT2D eigenvalue weighted by Crippen LogP contribution is 2.14. The summed E-state index contributed by atoms with van der Waals surface area (Å²) in [4.78, 5) is 53.9. The lowest BCUT2D eigenvalue weighted by molar-refractivity contribution is -0.193. The van der Waals surface area contributed by atoms with Crippen molar-refractivity contribution in [3.8, 4) is 0 Å². The summed E-state index contributed by atoms with van der Waals surface area (Å²) < 4.78 is 95.2. The van der Waals surface area contributed by atoms with Gasteiger partial charge in [0.15, 0.2) is 5.96 Å². The predicted molar refractivity (Wildman–Crippen MR) is 147 cm³/mol. The first-order valence-corrected chi connectivity index (χ1v) is 13.3. The molecule has 0 saturated carbocycles. The summed E-state index contributed by atoms with van der Waals surface area (Å²) in [5, 5.41) is 30.2. The number of amides is 2. The molecule has 15 nitrogen and oxygen atoms in total. The molecule has 0 aromatic heterocycles. The fourth-order valence-corrected chi connectivity index (χ4v) is 2.25. The number of hydrogen-bond acceptors (Lipinski definition) is 8. The zero-order chi connectivity index (χ0) is 37.7. The molecule has 0 rings (SSSR count). The summed E-state index contributed by atoms with van der Waals surface area (Å²) in [6, 6.07) is 0. The van der Waals surface area contributed by atoms with Crippen LogP contribution in [0, 0.1) is 0 Å². The summed E-state index contributed by atoms with van der Waals surface area (Å²) >= 11 is 0. The molecule has 0 bridgehead atoms. The summed E-state index contributed by atoms with van der Waals surface area (Å²) in [5.74, 6) is -8.61. The van der Waals surface area contributed by atoms with E-state index in [1.54, 1.807) is 0 Å². The number of rotatable bonds is 17. The SMILES string of the molecule is NCCCNCCCCNC(=O)CC(=O)NCCCCCCN=C(N)N.O=C(O)C(F)(F)F.O=C(O)C(F)(F)F.O=C(O)C(F)(F)F. The van der Waals surface area contributed by atoms with E-state index in [1.807, 2.05) is 0 Å². The molecule has 47 heavy (non-hydrogen) atoms. The van der Waals surface area contributed by atoms with E-state index in [0.29, 0.717) is 26.2 Å². The number of aliphatic imine (C=N–C) groups is 1. The second kappa shape index (κ2) is 28.2. The Morgan fingerprint density at radius 1 is 0.553 bits per heavy atom. The topological polar surface area (TPSA) is 273 Å². The number of nitrogens with one attached hydrogen (secondary N) is 3. The smallest absolute Gasteiger partial charge is 0.475 e. The van der Waals surface area contributed by atoms with Crippen LogP contribution in [0.15, 0.2) is 4.99 Å². The van der Waals surface area contributed by atoms with Crippen molar-refractivity contribution in [2.45, 2.75) is 69.9 Å². The van der Waals surface area contributed by atoms with Crippen LogP contribution in [0.5, 0.6) is 0 Å². The van der Waals surface area contributed by atoms with Crippen LogP contribution in [0.3, 0.4) is 0 Å². The number of carboxylic acid groups (broad SMARTS) is 3. The lowest BCUT2D eigenvalue weighted by Gasteiger charge is -2.07. The number of halogens is 9. The maximum Gasteiger partial charge on any atom is 0.490 e. The molecule has 0 saturated heterocycles. The Labute approximate surface area is 262 Å². The zero-order valence-electron chi connectivity index (χ0n) is 24.9. The van der Waals surface area contributed by atoms with E-state index in [-0.39, 0.29) is 24.2 Å². The molecule has 0 atom stereocenters. The number of aliphatic carboxylic acids is 3. The van der Waals surface area contributed by atoms with Crippen molar-refractivity contribution in [1.29, 1.82) is 0 Å². The molecule has 278 valence electrons. The summed E-state index contributed by atoms with van der Waals surface area (Å²) in [6.45, 7) is 4.37. The first kappa shape index (κ1) is 49.8. The van der Waals surface area contributed by atoms with E-state index in [2.05, 4.69) is 20.9 Å². The van der Waals surface area contributed by atoms with Crippen LogP contribution >= 0.6 is 0 Å². The first-order chi connectivity index (χ1) is 21.4. The van der Waals surface area contributed by atoms with Gasteiger partial charge in [-0.2, -0.15) is 39.5 Å². The molecule has 0 aliphatic carbocycles. The third-order valence-electron chi connectivity index (χ3n) is 4.41. The Balaban J connectivity index is -0.000000353. The monoisotopic (exact) mass is 713 g/mol. The molecule has 24 heteroatoms. The van der Waals surface area contributed by atoms with Crippen molar-refractivity contribution in [3.63, 3.8) is 0 Å². The molecule has 0 heterocycles. The summed E-state index contributed by atoms with van der Waals surface area (Å²) in [5.41, 5.74) is 15.9. The first-order valence-electron chi connectivity index (χ1n) is 13.3. The number of carboxylic acids is 3. The Hall–Kier alpha value is -4.09. The van der Waals surface area contributed by atoms with Gasteiger partial charge in [-0.05, 0) is 51.7 Å². The Bertz CT molecular complexity index is 873. The molecule has 0 aliphatic heterocycles. The lowest BCUT2D eigenvalue weighted by atomic mass is 10.2. The average Bonchev–Trinajstić information content (AvgIpc) is 2.91. The van der Waals surface area contributed by atoms with Gasteiger partial charge in [-0.1, -0.05) is 12.8 Å². The highest BCUT2D eigenvalue weighted by atomic mass is 19.4. The highest BCUT2D eigenvalue weighted by molar-refractivity contribution is 5.96. The minimum absolute atomic E-state index is 0.112. The molecule has 0 aromatic rings. The minimum Gasteiger partial charge on any atom is -0.475 e. The lowest BCUT2D eigenvalue weighted by Crippen LogP contribution is -2.33. The standard InChI is InChI=1S/C17H37N7O2.3C2HF3O2/c18-8-7-10-21-9-5-6-12-23-16(26)14-15(25)22-11-3-1-2-4-13-24-17(19)20;3*3-2(4,5)1(6)7/h21H,1-14,18H2,(H,22,25)(H,23,26)(H4,19,20,24);3*(H,6,7). The van der Waals surface area contributed by atoms with Crippen LogP contribution in [-0.4, -0.2) is 109 Å². The van der Waals surface area contributed by atoms with E-state index in [4.69, 9.17) is 46.9 Å². The number of hydrogen-bond donors (Lipinski definition) is 9. The number of carbonyl (C=O) groups is 5.